The van der Waals surface area contributed by atoms with E-state index in [1.807, 2.05) is 45.0 Å². The number of nitrogen functional groups attached to an aromatic ring is 1. The first-order valence-electron chi connectivity index (χ1n) is 6.79. The highest BCUT2D eigenvalue weighted by Gasteiger charge is 2.08. The Morgan fingerprint density at radius 3 is 2.58 bits per heavy atom. The van der Waals surface area contributed by atoms with Gasteiger partial charge in [0.15, 0.2) is 0 Å². The van der Waals surface area contributed by atoms with Crippen molar-refractivity contribution in [1.82, 2.24) is 4.98 Å². The van der Waals surface area contributed by atoms with Crippen molar-refractivity contribution in [1.29, 1.82) is 5.41 Å². The van der Waals surface area contributed by atoms with E-state index in [-0.39, 0.29) is 5.84 Å². The van der Waals surface area contributed by atoms with Crippen LogP contribution in [0.4, 0.5) is 0 Å². The van der Waals surface area contributed by atoms with Gasteiger partial charge in [0.2, 0.25) is 0 Å². The fourth-order valence-electron chi connectivity index (χ4n) is 2.07. The van der Waals surface area contributed by atoms with Crippen molar-refractivity contribution in [2.75, 3.05) is 0 Å². The zero-order valence-corrected chi connectivity index (χ0v) is 12.2. The van der Waals surface area contributed by atoms with E-state index in [1.54, 1.807) is 0 Å². The Bertz CT molecular complexity index is 591. The molecular formula is C16H23N3. The summed E-state index contributed by atoms with van der Waals surface area (Å²) in [5, 5.41) is 8.62. The fourth-order valence-corrected chi connectivity index (χ4v) is 2.07. The maximum Gasteiger partial charge on any atom is 0.122 e. The molecule has 0 spiro atoms. The van der Waals surface area contributed by atoms with Crippen LogP contribution < -0.4 is 5.73 Å². The number of H-pyrrole nitrogens is 1. The number of amidine groups is 1. The predicted molar refractivity (Wildman–Crippen MR) is 84.7 cm³/mol. The summed E-state index contributed by atoms with van der Waals surface area (Å²) in [5.41, 5.74) is 9.81. The van der Waals surface area contributed by atoms with Crippen LogP contribution in [0.25, 0.3) is 17.0 Å². The van der Waals surface area contributed by atoms with Crippen molar-refractivity contribution in [3.8, 4) is 0 Å². The predicted octanol–water partition coefficient (Wildman–Crippen LogP) is 4.07. The molecule has 0 aliphatic carbocycles. The summed E-state index contributed by atoms with van der Waals surface area (Å²) >= 11 is 0. The maximum absolute atomic E-state index is 7.48. The molecule has 0 unspecified atom stereocenters. The molecule has 1 aromatic carbocycles. The number of aromatic nitrogens is 1. The van der Waals surface area contributed by atoms with Gasteiger partial charge in [-0.25, -0.2) is 0 Å². The molecule has 2 aromatic rings. The molecule has 0 saturated carbocycles. The standard InChI is InChI=1S/C14H17N3.C2H6/c1-3-5-10-11-8-9(14(15)16)6-7-13(11)17-12(10)4-2;1-2/h3,5-8,17H,4H2,1-2H3,(H3,15,16);1-2H3/b5-3-;. The number of fused-ring (bicyclic) bond motifs is 1. The van der Waals surface area contributed by atoms with Crippen molar-refractivity contribution < 1.29 is 0 Å². The summed E-state index contributed by atoms with van der Waals surface area (Å²) in [6, 6.07) is 5.83. The third-order valence-electron chi connectivity index (χ3n) is 2.92. The van der Waals surface area contributed by atoms with Crippen molar-refractivity contribution in [2.24, 2.45) is 5.73 Å². The zero-order chi connectivity index (χ0) is 14.4. The van der Waals surface area contributed by atoms with Gasteiger partial charge in [-0.3, -0.25) is 5.41 Å². The van der Waals surface area contributed by atoms with Crippen LogP contribution in [0.15, 0.2) is 24.3 Å². The second kappa shape index (κ2) is 6.78. The first kappa shape index (κ1) is 15.0. The largest absolute Gasteiger partial charge is 0.384 e. The zero-order valence-electron chi connectivity index (χ0n) is 12.2. The summed E-state index contributed by atoms with van der Waals surface area (Å²) in [7, 11) is 0. The molecule has 0 atom stereocenters. The molecule has 19 heavy (non-hydrogen) atoms. The average molecular weight is 257 g/mol. The lowest BCUT2D eigenvalue weighted by atomic mass is 10.1. The van der Waals surface area contributed by atoms with Crippen LogP contribution in [0.5, 0.6) is 0 Å². The quantitative estimate of drug-likeness (QED) is 0.563. The lowest BCUT2D eigenvalue weighted by molar-refractivity contribution is 1.07. The van der Waals surface area contributed by atoms with E-state index in [2.05, 4.69) is 18.0 Å². The minimum atomic E-state index is 0.109. The molecule has 0 bridgehead atoms. The molecule has 0 radical (unpaired) electrons. The Balaban J connectivity index is 0.000000861. The SMILES string of the molecule is C/C=C\c1c(CC)[nH]c2ccc(C(=N)N)cc12.CC. The summed E-state index contributed by atoms with van der Waals surface area (Å²) in [4.78, 5) is 3.40. The first-order valence-corrected chi connectivity index (χ1v) is 6.79. The Morgan fingerprint density at radius 2 is 2.05 bits per heavy atom. The van der Waals surface area contributed by atoms with Gasteiger partial charge in [-0.15, -0.1) is 0 Å². The Hall–Kier alpha value is -2.03. The number of hydrogen-bond acceptors (Lipinski definition) is 1. The molecule has 1 heterocycles. The Labute approximate surface area is 115 Å². The number of aromatic amines is 1. The van der Waals surface area contributed by atoms with Crippen molar-refractivity contribution in [3.63, 3.8) is 0 Å². The smallest absolute Gasteiger partial charge is 0.122 e. The van der Waals surface area contributed by atoms with Crippen LogP contribution in [-0.2, 0) is 6.42 Å². The first-order chi connectivity index (χ1) is 9.17. The Kier molecular flexibility index (Phi) is 5.37. The second-order valence-electron chi connectivity index (χ2n) is 4.04. The van der Waals surface area contributed by atoms with E-state index in [1.165, 1.54) is 11.3 Å². The van der Waals surface area contributed by atoms with Crippen LogP contribution in [0.2, 0.25) is 0 Å². The number of nitrogens with two attached hydrogens (primary N) is 1. The lowest BCUT2D eigenvalue weighted by Crippen LogP contribution is -2.10. The van der Waals surface area contributed by atoms with Gasteiger partial charge in [0.1, 0.15) is 5.84 Å². The van der Waals surface area contributed by atoms with E-state index in [4.69, 9.17) is 11.1 Å². The minimum absolute atomic E-state index is 0.109. The molecule has 2 rings (SSSR count). The topological polar surface area (TPSA) is 65.7 Å². The number of benzene rings is 1. The molecular weight excluding hydrogens is 234 g/mol. The van der Waals surface area contributed by atoms with Gasteiger partial charge in [-0.2, -0.15) is 0 Å². The van der Waals surface area contributed by atoms with Crippen LogP contribution in [0.1, 0.15) is 44.5 Å². The molecule has 1 aromatic heterocycles. The summed E-state index contributed by atoms with van der Waals surface area (Å²) in [5.74, 6) is 0.109. The van der Waals surface area contributed by atoms with Gasteiger partial charge in [0.25, 0.3) is 0 Å². The highest BCUT2D eigenvalue weighted by atomic mass is 14.7. The number of nitrogens with one attached hydrogen (secondary N) is 2. The normalized spacial score (nSPS) is 10.5. The third kappa shape index (κ3) is 3.05. The van der Waals surface area contributed by atoms with Crippen molar-refractivity contribution >= 4 is 22.8 Å². The van der Waals surface area contributed by atoms with Gasteiger partial charge in [0.05, 0.1) is 0 Å². The van der Waals surface area contributed by atoms with E-state index >= 15 is 0 Å². The molecule has 3 heteroatoms. The van der Waals surface area contributed by atoms with E-state index in [9.17, 15) is 0 Å². The van der Waals surface area contributed by atoms with Gasteiger partial charge in [-0.05, 0) is 31.5 Å². The molecule has 4 N–H and O–H groups in total. The molecule has 0 saturated heterocycles. The number of rotatable bonds is 3. The highest BCUT2D eigenvalue weighted by molar-refractivity contribution is 6.01. The minimum Gasteiger partial charge on any atom is -0.384 e. The number of allylic oxidation sites excluding steroid dienone is 1. The molecule has 0 amide bonds. The molecule has 0 aliphatic heterocycles. The van der Waals surface area contributed by atoms with Crippen molar-refractivity contribution in [2.45, 2.75) is 34.1 Å². The van der Waals surface area contributed by atoms with Gasteiger partial charge in [-0.1, -0.05) is 32.9 Å². The number of aryl methyl sites for hydroxylation is 1. The van der Waals surface area contributed by atoms with Crippen LogP contribution in [0.3, 0.4) is 0 Å². The highest BCUT2D eigenvalue weighted by Crippen LogP contribution is 2.25. The van der Waals surface area contributed by atoms with Crippen LogP contribution in [0, 0.1) is 5.41 Å². The average Bonchev–Trinajstić information content (AvgIpc) is 2.79. The van der Waals surface area contributed by atoms with E-state index in [0.29, 0.717) is 0 Å². The number of hydrogen-bond donors (Lipinski definition) is 3. The maximum atomic E-state index is 7.48. The van der Waals surface area contributed by atoms with Crippen molar-refractivity contribution in [3.05, 3.63) is 41.1 Å². The Morgan fingerprint density at radius 1 is 1.37 bits per heavy atom. The third-order valence-corrected chi connectivity index (χ3v) is 2.92. The van der Waals surface area contributed by atoms with Gasteiger partial charge in [0, 0.05) is 27.7 Å². The molecule has 3 nitrogen and oxygen atoms in total. The second-order valence-corrected chi connectivity index (χ2v) is 4.04. The molecule has 0 fully saturated rings. The lowest BCUT2D eigenvalue weighted by Gasteiger charge is -1.99. The van der Waals surface area contributed by atoms with Crippen LogP contribution in [-0.4, -0.2) is 10.8 Å². The van der Waals surface area contributed by atoms with Crippen LogP contribution >= 0.6 is 0 Å². The van der Waals surface area contributed by atoms with Gasteiger partial charge < -0.3 is 10.7 Å². The van der Waals surface area contributed by atoms with Gasteiger partial charge >= 0.3 is 0 Å². The fraction of sp³-hybridized carbons (Fsp3) is 0.312. The molecule has 102 valence electrons. The van der Waals surface area contributed by atoms with E-state index in [0.717, 1.165) is 22.9 Å². The summed E-state index contributed by atoms with van der Waals surface area (Å²) < 4.78 is 0. The summed E-state index contributed by atoms with van der Waals surface area (Å²) in [6.45, 7) is 8.14. The monoisotopic (exact) mass is 257 g/mol. The summed E-state index contributed by atoms with van der Waals surface area (Å²) in [6.07, 6.45) is 5.09. The molecule has 0 aliphatic rings. The van der Waals surface area contributed by atoms with E-state index < -0.39 is 0 Å².